The van der Waals surface area contributed by atoms with Crippen molar-refractivity contribution in [1.82, 2.24) is 0 Å². The smallest absolute Gasteiger partial charge is 0.333 e. The van der Waals surface area contributed by atoms with Gasteiger partial charge in [0.25, 0.3) is 0 Å². The number of ether oxygens (including phenoxy) is 1. The Balaban J connectivity index is 3.38. The summed E-state index contributed by atoms with van der Waals surface area (Å²) in [5, 5.41) is 11.7. The molecule has 1 rings (SSSR count). The molecule has 0 saturated heterocycles. The number of esters is 1. The fraction of sp³-hybridized carbons (Fsp3) is 0.788. The first-order chi connectivity index (χ1) is 19.1. The van der Waals surface area contributed by atoms with Gasteiger partial charge in [-0.3, -0.25) is 0 Å². The van der Waals surface area contributed by atoms with E-state index in [9.17, 15) is 9.90 Å². The Morgan fingerprint density at radius 3 is 1.90 bits per heavy atom. The van der Waals surface area contributed by atoms with Crippen LogP contribution in [0.15, 0.2) is 22.1 Å². The van der Waals surface area contributed by atoms with Gasteiger partial charge in [0, 0.05) is 23.0 Å². The molecule has 0 aliphatic rings. The molecule has 0 spiro atoms. The Labute approximate surface area is 253 Å². The highest BCUT2D eigenvalue weighted by Gasteiger charge is 2.45. The van der Waals surface area contributed by atoms with E-state index in [2.05, 4.69) is 69.2 Å². The average molecular weight is 611 g/mol. The van der Waals surface area contributed by atoms with Crippen molar-refractivity contribution in [1.29, 1.82) is 0 Å². The van der Waals surface area contributed by atoms with E-state index in [1.807, 2.05) is 32.9 Å². The topological polar surface area (TPSA) is 78.1 Å². The van der Waals surface area contributed by atoms with Crippen LogP contribution in [0.2, 0.25) is 34.8 Å². The van der Waals surface area contributed by atoms with Crippen molar-refractivity contribution in [2.45, 2.75) is 151 Å². The molecule has 0 aromatic carbocycles. The maximum Gasteiger partial charge on any atom is 0.333 e. The van der Waals surface area contributed by atoms with Crippen LogP contribution in [0.5, 0.6) is 0 Å². The molecule has 0 bridgehead atoms. The Kier molecular flexibility index (Phi) is 15.3. The third-order valence-electron chi connectivity index (χ3n) is 9.48. The van der Waals surface area contributed by atoms with Crippen molar-refractivity contribution in [3.05, 3.63) is 34.8 Å². The first-order valence-corrected chi connectivity index (χ1v) is 20.7. The molecule has 0 radical (unpaired) electrons. The van der Waals surface area contributed by atoms with Crippen molar-refractivity contribution >= 4 is 22.6 Å². The molecule has 0 aliphatic heterocycles. The van der Waals surface area contributed by atoms with Crippen LogP contribution < -0.4 is 0 Å². The zero-order chi connectivity index (χ0) is 31.7. The summed E-state index contributed by atoms with van der Waals surface area (Å²) in [5.74, 6) is 0.652. The summed E-state index contributed by atoms with van der Waals surface area (Å²) >= 11 is 0. The number of furan rings is 1. The summed E-state index contributed by atoms with van der Waals surface area (Å²) in [6, 6.07) is 4.98. The van der Waals surface area contributed by atoms with Gasteiger partial charge in [-0.2, -0.15) is 0 Å². The Morgan fingerprint density at radius 2 is 1.46 bits per heavy atom. The summed E-state index contributed by atoms with van der Waals surface area (Å²) in [7, 11) is -4.06. The number of carbonyl (C=O) groups excluding carboxylic acids is 1. The number of rotatable bonds is 18. The first-order valence-electron chi connectivity index (χ1n) is 16.0. The highest BCUT2D eigenvalue weighted by Crippen LogP contribution is 2.43. The predicted molar refractivity (Wildman–Crippen MR) is 175 cm³/mol. The lowest BCUT2D eigenvalue weighted by molar-refractivity contribution is -0.138. The minimum atomic E-state index is -2.04. The van der Waals surface area contributed by atoms with Crippen LogP contribution in [0.25, 0.3) is 0 Å². The summed E-state index contributed by atoms with van der Waals surface area (Å²) in [5.41, 5.74) is 3.03. The molecule has 0 unspecified atom stereocenters. The molecule has 1 aromatic heterocycles. The van der Waals surface area contributed by atoms with Crippen molar-refractivity contribution in [2.75, 3.05) is 6.61 Å². The molecule has 1 N–H and O–H groups in total. The minimum Gasteiger partial charge on any atom is -0.463 e. The summed E-state index contributed by atoms with van der Waals surface area (Å²) in [4.78, 5) is 12.4. The second kappa shape index (κ2) is 16.6. The zero-order valence-corrected chi connectivity index (χ0v) is 30.7. The van der Waals surface area contributed by atoms with E-state index in [0.29, 0.717) is 41.2 Å². The maximum atomic E-state index is 12.4. The lowest BCUT2D eigenvalue weighted by Gasteiger charge is -2.42. The summed E-state index contributed by atoms with van der Waals surface area (Å²) < 4.78 is 25.3. The highest BCUT2D eigenvalue weighted by molar-refractivity contribution is 6.77. The van der Waals surface area contributed by atoms with E-state index in [1.165, 1.54) is 0 Å². The monoisotopic (exact) mass is 610 g/mol. The lowest BCUT2D eigenvalue weighted by Crippen LogP contribution is -2.47. The van der Waals surface area contributed by atoms with Crippen LogP contribution >= 0.6 is 0 Å². The normalized spacial score (nSPS) is 16.4. The second-order valence-corrected chi connectivity index (χ2v) is 23.1. The van der Waals surface area contributed by atoms with Gasteiger partial charge in [0.1, 0.15) is 17.6 Å². The fourth-order valence-electron chi connectivity index (χ4n) is 6.76. The number of hydrogen-bond acceptors (Lipinski definition) is 6. The number of aliphatic hydroxyl groups excluding tert-OH is 1. The van der Waals surface area contributed by atoms with Crippen LogP contribution in [0.4, 0.5) is 0 Å². The van der Waals surface area contributed by atoms with Crippen LogP contribution in [0.3, 0.4) is 0 Å². The molecule has 0 saturated carbocycles. The number of aliphatic hydroxyl groups is 1. The molecule has 238 valence electrons. The average Bonchev–Trinajstić information content (AvgIpc) is 3.29. The number of hydrogen-bond donors (Lipinski definition) is 1. The van der Waals surface area contributed by atoms with Crippen molar-refractivity contribution in [3.63, 3.8) is 0 Å². The van der Waals surface area contributed by atoms with Gasteiger partial charge in [-0.05, 0) is 61.6 Å². The molecule has 4 atom stereocenters. The van der Waals surface area contributed by atoms with Gasteiger partial charge in [-0.15, -0.1) is 0 Å². The molecular formula is C33H62O6Si2. The fourth-order valence-corrected chi connectivity index (χ4v) is 15.2. The molecular weight excluding hydrogens is 549 g/mol. The standard InChI is InChI=1S/C33H62O6Si2/c1-15-36-33(35)26(12)19-25(11)32(39-40(16-2,17-3)18-4)27(13)31(34)30-20-29(28(14)38-30)21-37-41(22(5)6,23(7)8)24(9)10/h19-20,22-25,27,31-32,34H,15-18,21H2,1-14H3/b26-19+/t25-,27+,31+,32-/m0/s1. The highest BCUT2D eigenvalue weighted by atomic mass is 28.4. The molecule has 1 aromatic rings. The van der Waals surface area contributed by atoms with E-state index in [1.54, 1.807) is 6.92 Å². The van der Waals surface area contributed by atoms with Crippen molar-refractivity contribution in [3.8, 4) is 0 Å². The third kappa shape index (κ3) is 9.15. The van der Waals surface area contributed by atoms with Gasteiger partial charge in [0.2, 0.25) is 8.32 Å². The minimum absolute atomic E-state index is 0.103. The van der Waals surface area contributed by atoms with Gasteiger partial charge in [-0.25, -0.2) is 4.79 Å². The first kappa shape index (κ1) is 37.8. The van der Waals surface area contributed by atoms with Crippen LogP contribution in [0.1, 0.15) is 113 Å². The van der Waals surface area contributed by atoms with E-state index in [4.69, 9.17) is 18.0 Å². The van der Waals surface area contributed by atoms with E-state index < -0.39 is 22.7 Å². The van der Waals surface area contributed by atoms with Crippen LogP contribution in [0, 0.1) is 18.8 Å². The van der Waals surface area contributed by atoms with Gasteiger partial charge in [0.15, 0.2) is 8.32 Å². The number of carbonyl (C=O) groups is 1. The Hall–Kier alpha value is -1.20. The number of aryl methyl sites for hydroxylation is 1. The molecule has 0 aliphatic carbocycles. The molecule has 1 heterocycles. The van der Waals surface area contributed by atoms with E-state index in [-0.39, 0.29) is 23.9 Å². The quantitative estimate of drug-likeness (QED) is 0.101. The largest absolute Gasteiger partial charge is 0.463 e. The van der Waals surface area contributed by atoms with Gasteiger partial charge in [0.05, 0.1) is 19.3 Å². The second-order valence-electron chi connectivity index (χ2n) is 12.9. The molecule has 0 fully saturated rings. The van der Waals surface area contributed by atoms with Crippen LogP contribution in [-0.4, -0.2) is 40.4 Å². The summed E-state index contributed by atoms with van der Waals surface area (Å²) in [6.07, 6.45) is 0.798. The predicted octanol–water partition coefficient (Wildman–Crippen LogP) is 9.49. The van der Waals surface area contributed by atoms with E-state index >= 15 is 0 Å². The molecule has 8 heteroatoms. The Morgan fingerprint density at radius 1 is 0.951 bits per heavy atom. The molecule has 6 nitrogen and oxygen atoms in total. The lowest BCUT2D eigenvalue weighted by atomic mass is 9.87. The summed E-state index contributed by atoms with van der Waals surface area (Å²) in [6.45, 7) is 30.8. The van der Waals surface area contributed by atoms with Crippen molar-refractivity contribution in [2.24, 2.45) is 11.8 Å². The third-order valence-corrected chi connectivity index (χ3v) is 20.2. The molecule has 41 heavy (non-hydrogen) atoms. The van der Waals surface area contributed by atoms with Crippen LogP contribution in [-0.2, 0) is 25.0 Å². The van der Waals surface area contributed by atoms with Gasteiger partial charge < -0.3 is 23.1 Å². The Bertz CT molecular complexity index is 933. The maximum absolute atomic E-state index is 12.4. The zero-order valence-electron chi connectivity index (χ0n) is 28.7. The van der Waals surface area contributed by atoms with Crippen molar-refractivity contribution < 1.29 is 27.9 Å². The van der Waals surface area contributed by atoms with E-state index in [0.717, 1.165) is 29.5 Å². The molecule has 0 amide bonds. The SMILES string of the molecule is CCOC(=O)/C(C)=C/[C@H](C)[C@H](O[Si](CC)(CC)CC)[C@H](C)[C@@H](O)c1cc(CO[Si](C(C)C)(C(C)C)C(C)C)c(C)o1. The van der Waals surface area contributed by atoms with Gasteiger partial charge in [-0.1, -0.05) is 82.2 Å². The van der Waals surface area contributed by atoms with Gasteiger partial charge >= 0.3 is 5.97 Å².